The molecular formula is C29H31FN4O5. The van der Waals surface area contributed by atoms with Crippen LogP contribution in [0.1, 0.15) is 51.5 Å². The molecular weight excluding hydrogens is 503 g/mol. The molecule has 0 spiro atoms. The number of aromatic amines is 1. The summed E-state index contributed by atoms with van der Waals surface area (Å²) in [5.41, 5.74) is 2.12. The first-order valence-corrected chi connectivity index (χ1v) is 13.4. The number of aromatic nitrogens is 1. The summed E-state index contributed by atoms with van der Waals surface area (Å²) in [6.07, 6.45) is 2.64. The zero-order valence-corrected chi connectivity index (χ0v) is 21.8. The smallest absolute Gasteiger partial charge is 0.259 e. The van der Waals surface area contributed by atoms with Crippen LogP contribution in [0, 0.1) is 5.82 Å². The summed E-state index contributed by atoms with van der Waals surface area (Å²) in [7, 11) is 1.52. The minimum Gasteiger partial charge on any atom is -0.496 e. The largest absolute Gasteiger partial charge is 0.496 e. The lowest BCUT2D eigenvalue weighted by Crippen LogP contribution is -2.42. The maximum Gasteiger partial charge on any atom is 0.259 e. The highest BCUT2D eigenvalue weighted by atomic mass is 19.1. The fraction of sp³-hybridized carbons (Fsp3) is 0.414. The van der Waals surface area contributed by atoms with Crippen molar-refractivity contribution in [3.63, 3.8) is 0 Å². The van der Waals surface area contributed by atoms with Crippen molar-refractivity contribution in [1.29, 1.82) is 0 Å². The van der Waals surface area contributed by atoms with Crippen LogP contribution < -0.4 is 20.5 Å². The van der Waals surface area contributed by atoms with Gasteiger partial charge in [0.05, 0.1) is 48.0 Å². The third-order valence-electron chi connectivity index (χ3n) is 7.82. The Morgan fingerprint density at radius 2 is 1.90 bits per heavy atom. The molecule has 39 heavy (non-hydrogen) atoms. The van der Waals surface area contributed by atoms with Crippen LogP contribution in [0.3, 0.4) is 0 Å². The van der Waals surface area contributed by atoms with Crippen LogP contribution in [0.5, 0.6) is 5.75 Å². The van der Waals surface area contributed by atoms with E-state index in [1.807, 2.05) is 4.90 Å². The first kappa shape index (κ1) is 25.4. The Morgan fingerprint density at radius 3 is 2.64 bits per heavy atom. The van der Waals surface area contributed by atoms with Crippen molar-refractivity contribution in [3.8, 4) is 5.75 Å². The number of benzene rings is 2. The number of morpholine rings is 1. The molecule has 0 radical (unpaired) electrons. The number of carbonyl (C=O) groups excluding carboxylic acids is 2. The zero-order valence-electron chi connectivity index (χ0n) is 21.8. The fourth-order valence-corrected chi connectivity index (χ4v) is 5.75. The summed E-state index contributed by atoms with van der Waals surface area (Å²) in [5, 5.41) is 3.60. The van der Waals surface area contributed by atoms with Gasteiger partial charge in [-0.05, 0) is 48.9 Å². The van der Waals surface area contributed by atoms with E-state index in [0.29, 0.717) is 74.1 Å². The molecule has 1 aromatic heterocycles. The predicted molar refractivity (Wildman–Crippen MR) is 144 cm³/mol. The third kappa shape index (κ3) is 4.85. The number of amides is 2. The van der Waals surface area contributed by atoms with E-state index in [1.54, 1.807) is 29.2 Å². The van der Waals surface area contributed by atoms with Crippen molar-refractivity contribution in [2.75, 3.05) is 51.4 Å². The van der Waals surface area contributed by atoms with Crippen LogP contribution in [0.15, 0.2) is 41.2 Å². The Labute approximate surface area is 224 Å². The molecule has 3 aromatic rings. The number of nitrogens with one attached hydrogen (secondary N) is 2. The topological polar surface area (TPSA) is 104 Å². The minimum atomic E-state index is -0.527. The van der Waals surface area contributed by atoms with E-state index in [1.165, 1.54) is 19.2 Å². The molecule has 2 amide bonds. The number of anilines is 1. The molecule has 2 aliphatic heterocycles. The van der Waals surface area contributed by atoms with Crippen LogP contribution in [-0.4, -0.2) is 74.2 Å². The SMILES string of the molecule is COc1cccc2[nH]c(=O)cc(C(=O)N[C@@H]3CCN(c4c(C5CC5)ccc(F)c4C(=O)N4CCOCC4)C3)c12. The summed E-state index contributed by atoms with van der Waals surface area (Å²) in [4.78, 5) is 45.7. The van der Waals surface area contributed by atoms with Gasteiger partial charge in [-0.2, -0.15) is 0 Å². The quantitative estimate of drug-likeness (QED) is 0.504. The minimum absolute atomic E-state index is 0.110. The first-order chi connectivity index (χ1) is 18.9. The molecule has 10 heteroatoms. The highest BCUT2D eigenvalue weighted by molar-refractivity contribution is 6.08. The molecule has 3 heterocycles. The standard InChI is InChI=1S/C29H31FN4O5/c1-38-23-4-2-3-22-25(23)20(15-24(35)32-22)28(36)31-18-9-10-34(16-18)27-19(17-5-6-17)7-8-21(30)26(27)29(37)33-11-13-39-14-12-33/h2-4,7-8,15,17-18H,5-6,9-14,16H2,1H3,(H,31,36)(H,32,35)/t18-/m1/s1. The van der Waals surface area contributed by atoms with E-state index in [2.05, 4.69) is 10.3 Å². The molecule has 3 aliphatic rings. The molecule has 1 saturated carbocycles. The molecule has 3 fully saturated rings. The lowest BCUT2D eigenvalue weighted by atomic mass is 10.00. The molecule has 1 atom stereocenters. The van der Waals surface area contributed by atoms with Crippen molar-refractivity contribution in [3.05, 3.63) is 69.3 Å². The third-order valence-corrected chi connectivity index (χ3v) is 7.82. The Hall–Kier alpha value is -3.92. The average Bonchev–Trinajstić information content (AvgIpc) is 3.70. The van der Waals surface area contributed by atoms with E-state index in [-0.39, 0.29) is 34.5 Å². The lowest BCUT2D eigenvalue weighted by molar-refractivity contribution is 0.0300. The van der Waals surface area contributed by atoms with Crippen LogP contribution in [-0.2, 0) is 4.74 Å². The van der Waals surface area contributed by atoms with Gasteiger partial charge in [0.2, 0.25) is 5.56 Å². The zero-order chi connectivity index (χ0) is 27.1. The van der Waals surface area contributed by atoms with E-state index in [9.17, 15) is 14.4 Å². The molecule has 0 unspecified atom stereocenters. The maximum absolute atomic E-state index is 15.3. The van der Waals surface area contributed by atoms with Crippen LogP contribution in [0.2, 0.25) is 0 Å². The van der Waals surface area contributed by atoms with Gasteiger partial charge in [-0.15, -0.1) is 0 Å². The second-order valence-electron chi connectivity index (χ2n) is 10.4. The second-order valence-corrected chi connectivity index (χ2v) is 10.4. The molecule has 204 valence electrons. The number of pyridine rings is 1. The average molecular weight is 535 g/mol. The number of nitrogens with zero attached hydrogens (tertiary/aromatic N) is 2. The fourth-order valence-electron chi connectivity index (χ4n) is 5.75. The second kappa shape index (κ2) is 10.3. The van der Waals surface area contributed by atoms with Crippen molar-refractivity contribution in [1.82, 2.24) is 15.2 Å². The number of fused-ring (bicyclic) bond motifs is 1. The number of H-pyrrole nitrogens is 1. The summed E-state index contributed by atoms with van der Waals surface area (Å²) >= 11 is 0. The monoisotopic (exact) mass is 534 g/mol. The summed E-state index contributed by atoms with van der Waals surface area (Å²) in [5.74, 6) is -0.431. The summed E-state index contributed by atoms with van der Waals surface area (Å²) in [6, 6.07) is 9.46. The van der Waals surface area contributed by atoms with Gasteiger partial charge in [0.1, 0.15) is 11.6 Å². The number of hydrogen-bond acceptors (Lipinski definition) is 6. The van der Waals surface area contributed by atoms with Crippen LogP contribution in [0.4, 0.5) is 10.1 Å². The van der Waals surface area contributed by atoms with Gasteiger partial charge in [-0.25, -0.2) is 4.39 Å². The molecule has 6 rings (SSSR count). The first-order valence-electron chi connectivity index (χ1n) is 13.4. The number of ether oxygens (including phenoxy) is 2. The van der Waals surface area contributed by atoms with Gasteiger partial charge in [-0.3, -0.25) is 14.4 Å². The van der Waals surface area contributed by atoms with E-state index in [4.69, 9.17) is 9.47 Å². The summed E-state index contributed by atoms with van der Waals surface area (Å²) < 4.78 is 26.2. The van der Waals surface area contributed by atoms with E-state index < -0.39 is 5.82 Å². The Balaban J connectivity index is 1.28. The van der Waals surface area contributed by atoms with Gasteiger partial charge < -0.3 is 29.6 Å². The number of carbonyl (C=O) groups is 2. The molecule has 9 nitrogen and oxygen atoms in total. The van der Waals surface area contributed by atoms with Crippen LogP contribution in [0.25, 0.3) is 10.9 Å². The molecule has 2 saturated heterocycles. The number of hydrogen-bond donors (Lipinski definition) is 2. The number of rotatable bonds is 6. The van der Waals surface area contributed by atoms with Crippen molar-refractivity contribution in [2.45, 2.75) is 31.2 Å². The van der Waals surface area contributed by atoms with Crippen molar-refractivity contribution >= 4 is 28.4 Å². The van der Waals surface area contributed by atoms with Gasteiger partial charge in [0, 0.05) is 38.3 Å². The van der Waals surface area contributed by atoms with Gasteiger partial charge in [0.15, 0.2) is 0 Å². The van der Waals surface area contributed by atoms with Gasteiger partial charge in [-0.1, -0.05) is 12.1 Å². The van der Waals surface area contributed by atoms with Crippen molar-refractivity contribution in [2.24, 2.45) is 0 Å². The Morgan fingerprint density at radius 1 is 1.10 bits per heavy atom. The normalized spacial score (nSPS) is 19.4. The number of halogens is 1. The molecule has 0 bridgehead atoms. The Bertz CT molecular complexity index is 1500. The predicted octanol–water partition coefficient (Wildman–Crippen LogP) is 3.03. The lowest BCUT2D eigenvalue weighted by Gasteiger charge is -2.31. The molecule has 1 aliphatic carbocycles. The Kier molecular flexibility index (Phi) is 6.72. The van der Waals surface area contributed by atoms with E-state index >= 15 is 4.39 Å². The van der Waals surface area contributed by atoms with Crippen molar-refractivity contribution < 1.29 is 23.5 Å². The highest BCUT2D eigenvalue weighted by Crippen LogP contribution is 2.47. The van der Waals surface area contributed by atoms with Gasteiger partial charge in [0.25, 0.3) is 11.8 Å². The summed E-state index contributed by atoms with van der Waals surface area (Å²) in [6.45, 7) is 2.72. The molecule has 2 N–H and O–H groups in total. The highest BCUT2D eigenvalue weighted by Gasteiger charge is 2.36. The van der Waals surface area contributed by atoms with Crippen LogP contribution >= 0.6 is 0 Å². The van der Waals surface area contributed by atoms with Gasteiger partial charge >= 0.3 is 0 Å². The van der Waals surface area contributed by atoms with E-state index in [0.717, 1.165) is 18.4 Å². The maximum atomic E-state index is 15.3. The molecule has 2 aromatic carbocycles. The number of methoxy groups -OCH3 is 1.